The minimum absolute atomic E-state index is 0.549. The van der Waals surface area contributed by atoms with Gasteiger partial charge in [-0.1, -0.05) is 54.6 Å². The van der Waals surface area contributed by atoms with Gasteiger partial charge in [0.15, 0.2) is 6.29 Å². The van der Waals surface area contributed by atoms with Crippen LogP contribution < -0.4 is 0 Å². The molecule has 0 heterocycles. The maximum absolute atomic E-state index is 10.3. The van der Waals surface area contributed by atoms with Crippen LogP contribution in [0.2, 0.25) is 0 Å². The Morgan fingerprint density at radius 2 is 1.60 bits per heavy atom. The van der Waals surface area contributed by atoms with E-state index in [1.165, 1.54) is 27.1 Å². The highest BCUT2D eigenvalue weighted by Gasteiger charge is 2.04. The lowest BCUT2D eigenvalue weighted by Gasteiger charge is -2.09. The van der Waals surface area contributed by atoms with Gasteiger partial charge in [-0.3, -0.25) is 4.79 Å². The van der Waals surface area contributed by atoms with Crippen molar-refractivity contribution in [1.29, 1.82) is 0 Å². The van der Waals surface area contributed by atoms with E-state index >= 15 is 0 Å². The summed E-state index contributed by atoms with van der Waals surface area (Å²) in [6.07, 6.45) is 5.51. The summed E-state index contributed by atoms with van der Waals surface area (Å²) in [5.41, 5.74) is 1.37. The molecule has 0 atom stereocenters. The molecule has 0 saturated carbocycles. The van der Waals surface area contributed by atoms with Gasteiger partial charge >= 0.3 is 0 Å². The first-order chi connectivity index (χ1) is 9.90. The summed E-state index contributed by atoms with van der Waals surface area (Å²) in [7, 11) is 0. The van der Waals surface area contributed by atoms with Crippen LogP contribution in [0.1, 0.15) is 24.8 Å². The van der Waals surface area contributed by atoms with Crippen molar-refractivity contribution >= 4 is 27.8 Å². The summed E-state index contributed by atoms with van der Waals surface area (Å²) in [6.45, 7) is 0. The van der Waals surface area contributed by atoms with E-state index < -0.39 is 0 Å². The van der Waals surface area contributed by atoms with Crippen LogP contribution in [0.25, 0.3) is 21.5 Å². The van der Waals surface area contributed by atoms with Crippen molar-refractivity contribution in [1.82, 2.24) is 0 Å². The third kappa shape index (κ3) is 2.44. The molecular formula is C19H17O. The second-order valence-electron chi connectivity index (χ2n) is 5.15. The van der Waals surface area contributed by atoms with Gasteiger partial charge in [-0.05, 0) is 46.4 Å². The van der Waals surface area contributed by atoms with Gasteiger partial charge in [0.1, 0.15) is 0 Å². The molecule has 0 saturated heterocycles. The number of rotatable bonds is 5. The Bertz CT molecular complexity index is 743. The van der Waals surface area contributed by atoms with E-state index in [2.05, 4.69) is 54.6 Å². The van der Waals surface area contributed by atoms with E-state index in [4.69, 9.17) is 0 Å². The number of fused-ring (bicyclic) bond motifs is 3. The van der Waals surface area contributed by atoms with E-state index in [-0.39, 0.29) is 0 Å². The van der Waals surface area contributed by atoms with Crippen LogP contribution in [0.15, 0.2) is 54.6 Å². The summed E-state index contributed by atoms with van der Waals surface area (Å²) in [5, 5.41) is 5.25. The molecule has 1 heteroatoms. The summed E-state index contributed by atoms with van der Waals surface area (Å²) in [5.74, 6) is 0. The molecule has 20 heavy (non-hydrogen) atoms. The van der Waals surface area contributed by atoms with E-state index in [0.29, 0.717) is 6.42 Å². The highest BCUT2D eigenvalue weighted by Crippen LogP contribution is 2.28. The van der Waals surface area contributed by atoms with Crippen LogP contribution in [-0.4, -0.2) is 6.29 Å². The fraction of sp³-hybridized carbons (Fsp3) is 0.211. The normalized spacial score (nSPS) is 11.0. The highest BCUT2D eigenvalue weighted by atomic mass is 16.1. The van der Waals surface area contributed by atoms with Crippen LogP contribution in [0, 0.1) is 0 Å². The quantitative estimate of drug-likeness (QED) is 0.475. The predicted octanol–water partition coefficient (Wildman–Crippen LogP) is 4.82. The fourth-order valence-electron chi connectivity index (χ4n) is 2.84. The zero-order chi connectivity index (χ0) is 13.8. The van der Waals surface area contributed by atoms with Crippen molar-refractivity contribution in [3.63, 3.8) is 0 Å². The number of carbonyl (C=O) groups excluding carboxylic acids is 1. The lowest BCUT2D eigenvalue weighted by Crippen LogP contribution is -1.89. The van der Waals surface area contributed by atoms with E-state index in [0.717, 1.165) is 19.3 Å². The first-order valence-electron chi connectivity index (χ1n) is 7.14. The van der Waals surface area contributed by atoms with Gasteiger partial charge in [-0.15, -0.1) is 0 Å². The van der Waals surface area contributed by atoms with Crippen LogP contribution >= 0.6 is 0 Å². The Kier molecular flexibility index (Phi) is 3.78. The third-order valence-electron chi connectivity index (χ3n) is 3.85. The maximum Gasteiger partial charge on any atom is 0.198 e. The molecule has 99 valence electrons. The van der Waals surface area contributed by atoms with Gasteiger partial charge in [0.05, 0.1) is 0 Å². The van der Waals surface area contributed by atoms with Crippen LogP contribution in [0.4, 0.5) is 0 Å². The second-order valence-corrected chi connectivity index (χ2v) is 5.15. The molecule has 1 nitrogen and oxygen atoms in total. The zero-order valence-corrected chi connectivity index (χ0v) is 11.4. The fourth-order valence-corrected chi connectivity index (χ4v) is 2.84. The molecule has 0 unspecified atom stereocenters. The molecule has 0 amide bonds. The van der Waals surface area contributed by atoms with Crippen molar-refractivity contribution in [2.75, 3.05) is 0 Å². The summed E-state index contributed by atoms with van der Waals surface area (Å²) in [4.78, 5) is 10.3. The Morgan fingerprint density at radius 1 is 0.750 bits per heavy atom. The van der Waals surface area contributed by atoms with E-state index in [1.807, 2.05) is 6.29 Å². The molecule has 0 aliphatic heterocycles. The maximum atomic E-state index is 10.3. The average molecular weight is 261 g/mol. The largest absolute Gasteiger partial charge is 0.291 e. The number of unbranched alkanes of at least 4 members (excludes halogenated alkanes) is 2. The average Bonchev–Trinajstić information content (AvgIpc) is 2.51. The smallest absolute Gasteiger partial charge is 0.198 e. The first kappa shape index (κ1) is 12.9. The SMILES string of the molecule is O=[C]CCCCc1cccc2c1ccc1ccccc12. The van der Waals surface area contributed by atoms with Crippen LogP contribution in [0.3, 0.4) is 0 Å². The van der Waals surface area contributed by atoms with Gasteiger partial charge < -0.3 is 0 Å². The van der Waals surface area contributed by atoms with E-state index in [9.17, 15) is 4.79 Å². The van der Waals surface area contributed by atoms with Crippen LogP contribution in [0.5, 0.6) is 0 Å². The Balaban J connectivity index is 2.01. The number of benzene rings is 3. The van der Waals surface area contributed by atoms with Crippen molar-refractivity contribution in [3.05, 3.63) is 60.2 Å². The zero-order valence-electron chi connectivity index (χ0n) is 11.4. The molecule has 0 fully saturated rings. The Hall–Kier alpha value is -2.15. The molecule has 3 rings (SSSR count). The molecule has 0 aliphatic rings. The second kappa shape index (κ2) is 5.87. The molecule has 0 aromatic heterocycles. The van der Waals surface area contributed by atoms with E-state index in [1.54, 1.807) is 0 Å². The third-order valence-corrected chi connectivity index (χ3v) is 3.85. The van der Waals surface area contributed by atoms with Crippen molar-refractivity contribution < 1.29 is 4.79 Å². The molecule has 0 aliphatic carbocycles. The first-order valence-corrected chi connectivity index (χ1v) is 7.14. The summed E-state index contributed by atoms with van der Waals surface area (Å²) < 4.78 is 0. The highest BCUT2D eigenvalue weighted by molar-refractivity contribution is 6.08. The van der Waals surface area contributed by atoms with Crippen molar-refractivity contribution in [2.24, 2.45) is 0 Å². The summed E-state index contributed by atoms with van der Waals surface area (Å²) in [6, 6.07) is 19.4. The monoisotopic (exact) mass is 261 g/mol. The summed E-state index contributed by atoms with van der Waals surface area (Å²) >= 11 is 0. The lowest BCUT2D eigenvalue weighted by atomic mass is 9.96. The van der Waals surface area contributed by atoms with Gasteiger partial charge in [0.25, 0.3) is 0 Å². The lowest BCUT2D eigenvalue weighted by molar-refractivity contribution is 0.547. The molecule has 3 aromatic rings. The van der Waals surface area contributed by atoms with Gasteiger partial charge in [-0.25, -0.2) is 0 Å². The van der Waals surface area contributed by atoms with Gasteiger partial charge in [0, 0.05) is 6.42 Å². The standard InChI is InChI=1S/C19H17O/c20-14-5-1-2-7-15-9-6-11-19-17-10-4-3-8-16(17)12-13-18(15)19/h3-4,6,8-13H,1-2,5,7H2. The van der Waals surface area contributed by atoms with Crippen molar-refractivity contribution in [2.45, 2.75) is 25.7 Å². The predicted molar refractivity (Wildman–Crippen MR) is 84.7 cm³/mol. The van der Waals surface area contributed by atoms with Gasteiger partial charge in [0.2, 0.25) is 0 Å². The Morgan fingerprint density at radius 3 is 2.50 bits per heavy atom. The molecule has 1 radical (unpaired) electrons. The molecular weight excluding hydrogens is 244 g/mol. The molecule has 0 bridgehead atoms. The number of hydrogen-bond acceptors (Lipinski definition) is 1. The minimum atomic E-state index is 0.549. The van der Waals surface area contributed by atoms with Crippen LogP contribution in [-0.2, 0) is 11.2 Å². The Labute approximate surface area is 119 Å². The number of aryl methyl sites for hydroxylation is 1. The number of hydrogen-bond donors (Lipinski definition) is 0. The van der Waals surface area contributed by atoms with Crippen molar-refractivity contribution in [3.8, 4) is 0 Å². The molecule has 3 aromatic carbocycles. The minimum Gasteiger partial charge on any atom is -0.291 e. The topological polar surface area (TPSA) is 17.1 Å². The van der Waals surface area contributed by atoms with Gasteiger partial charge in [-0.2, -0.15) is 0 Å². The molecule has 0 N–H and O–H groups in total. The molecule has 0 spiro atoms.